The molecule has 0 aliphatic carbocycles. The van der Waals surface area contributed by atoms with E-state index in [1.807, 2.05) is 0 Å². The predicted molar refractivity (Wildman–Crippen MR) is 132 cm³/mol. The minimum absolute atomic E-state index is 0.00466. The average Bonchev–Trinajstić information content (AvgIpc) is 3.49. The van der Waals surface area contributed by atoms with Crippen molar-refractivity contribution in [3.05, 3.63) is 50.7 Å². The minimum atomic E-state index is -3.63. The summed E-state index contributed by atoms with van der Waals surface area (Å²) in [5, 5.41) is 15.1. The SMILES string of the molecule is CCS(=O)(=O)C1=NN2C(=N)/C(=C\c3cc(Cl)c(OC(=O)c4cccs4)c(OC)c3)C(=O)N=C2S1. The van der Waals surface area contributed by atoms with Crippen molar-refractivity contribution >= 4 is 77.9 Å². The Morgan fingerprint density at radius 3 is 2.76 bits per heavy atom. The van der Waals surface area contributed by atoms with Gasteiger partial charge in [-0.1, -0.05) is 24.6 Å². The summed E-state index contributed by atoms with van der Waals surface area (Å²) < 4.78 is 34.7. The summed E-state index contributed by atoms with van der Waals surface area (Å²) in [5.41, 5.74) is 0.228. The van der Waals surface area contributed by atoms with Crippen LogP contribution in [0.1, 0.15) is 22.2 Å². The average molecular weight is 539 g/mol. The highest BCUT2D eigenvalue weighted by Gasteiger charge is 2.39. The Morgan fingerprint density at radius 1 is 1.35 bits per heavy atom. The molecule has 14 heteroatoms. The Labute approximate surface area is 207 Å². The van der Waals surface area contributed by atoms with Gasteiger partial charge in [0.2, 0.25) is 19.4 Å². The normalized spacial score (nSPS) is 16.9. The molecular weight excluding hydrogens is 524 g/mol. The van der Waals surface area contributed by atoms with E-state index in [1.165, 1.54) is 43.6 Å². The summed E-state index contributed by atoms with van der Waals surface area (Å²) in [4.78, 5) is 29.2. The first-order valence-corrected chi connectivity index (χ1v) is 13.2. The summed E-state index contributed by atoms with van der Waals surface area (Å²) in [6.45, 7) is 1.47. The van der Waals surface area contributed by atoms with E-state index < -0.39 is 21.7 Å². The zero-order chi connectivity index (χ0) is 24.6. The van der Waals surface area contributed by atoms with Crippen molar-refractivity contribution in [3.63, 3.8) is 0 Å². The number of sulfone groups is 1. The molecule has 10 nitrogen and oxygen atoms in total. The van der Waals surface area contributed by atoms with E-state index in [9.17, 15) is 18.0 Å². The first-order chi connectivity index (χ1) is 16.1. The molecule has 3 heterocycles. The maximum absolute atomic E-state index is 12.6. The van der Waals surface area contributed by atoms with Crippen molar-refractivity contribution in [1.29, 1.82) is 5.41 Å². The number of carbonyl (C=O) groups is 2. The maximum Gasteiger partial charge on any atom is 0.353 e. The van der Waals surface area contributed by atoms with Crippen molar-refractivity contribution in [2.45, 2.75) is 6.92 Å². The first-order valence-electron chi connectivity index (χ1n) is 9.50. The van der Waals surface area contributed by atoms with E-state index in [0.717, 1.165) is 16.8 Å². The number of esters is 1. The van der Waals surface area contributed by atoms with Gasteiger partial charge in [-0.3, -0.25) is 10.2 Å². The molecule has 2 aliphatic heterocycles. The van der Waals surface area contributed by atoms with Crippen molar-refractivity contribution in [2.75, 3.05) is 12.9 Å². The minimum Gasteiger partial charge on any atom is -0.493 e. The van der Waals surface area contributed by atoms with Crippen LogP contribution in [-0.4, -0.2) is 53.5 Å². The molecule has 1 N–H and O–H groups in total. The fraction of sp³-hybridized carbons (Fsp3) is 0.150. The molecule has 0 unspecified atom stereocenters. The zero-order valence-corrected chi connectivity index (χ0v) is 20.8. The molecule has 34 heavy (non-hydrogen) atoms. The van der Waals surface area contributed by atoms with Crippen LogP contribution >= 0.6 is 34.7 Å². The lowest BCUT2D eigenvalue weighted by molar-refractivity contribution is -0.114. The third kappa shape index (κ3) is 4.51. The number of amidine groups is 2. The molecule has 4 rings (SSSR count). The number of nitrogens with one attached hydrogen (secondary N) is 1. The number of methoxy groups -OCH3 is 1. The summed E-state index contributed by atoms with van der Waals surface area (Å²) in [7, 11) is -2.27. The number of thioether (sulfide) groups is 1. The van der Waals surface area contributed by atoms with Crippen molar-refractivity contribution < 1.29 is 27.5 Å². The summed E-state index contributed by atoms with van der Waals surface area (Å²) in [6, 6.07) is 6.23. The number of hydrazone groups is 1. The van der Waals surface area contributed by atoms with Crippen LogP contribution in [0.5, 0.6) is 11.5 Å². The number of benzene rings is 1. The van der Waals surface area contributed by atoms with Gasteiger partial charge in [0.25, 0.3) is 5.91 Å². The van der Waals surface area contributed by atoms with Crippen LogP contribution in [0, 0.1) is 5.41 Å². The van der Waals surface area contributed by atoms with E-state index in [-0.39, 0.29) is 43.2 Å². The smallest absolute Gasteiger partial charge is 0.353 e. The van der Waals surface area contributed by atoms with Gasteiger partial charge in [0.15, 0.2) is 17.3 Å². The lowest BCUT2D eigenvalue weighted by Crippen LogP contribution is -2.35. The second-order valence-corrected chi connectivity index (χ2v) is 11.5. The molecule has 0 bridgehead atoms. The van der Waals surface area contributed by atoms with E-state index in [2.05, 4.69) is 10.1 Å². The van der Waals surface area contributed by atoms with E-state index in [1.54, 1.807) is 17.5 Å². The van der Waals surface area contributed by atoms with E-state index in [0.29, 0.717) is 10.4 Å². The number of hydrogen-bond acceptors (Lipinski definition) is 10. The molecule has 0 spiro atoms. The molecule has 1 aromatic heterocycles. The lowest BCUT2D eigenvalue weighted by atomic mass is 10.1. The van der Waals surface area contributed by atoms with Crippen LogP contribution < -0.4 is 9.47 Å². The lowest BCUT2D eigenvalue weighted by Gasteiger charge is -2.20. The highest BCUT2D eigenvalue weighted by Crippen LogP contribution is 2.38. The Balaban J connectivity index is 1.67. The molecule has 1 aromatic carbocycles. The second kappa shape index (κ2) is 9.33. The predicted octanol–water partition coefficient (Wildman–Crippen LogP) is 3.64. The monoisotopic (exact) mass is 538 g/mol. The van der Waals surface area contributed by atoms with Gasteiger partial charge in [0.05, 0.1) is 23.5 Å². The topological polar surface area (TPSA) is 139 Å². The summed E-state index contributed by atoms with van der Waals surface area (Å²) in [5.74, 6) is -1.72. The molecule has 176 valence electrons. The number of rotatable bonds is 5. The van der Waals surface area contributed by atoms with Crippen LogP contribution in [0.15, 0.2) is 45.3 Å². The third-order valence-electron chi connectivity index (χ3n) is 4.56. The first kappa shape index (κ1) is 24.1. The molecule has 0 saturated heterocycles. The Hall–Kier alpha value is -3.00. The van der Waals surface area contributed by atoms with Gasteiger partial charge in [-0.05, 0) is 47.0 Å². The molecule has 2 aromatic rings. The van der Waals surface area contributed by atoms with E-state index >= 15 is 0 Å². The molecule has 0 saturated carbocycles. The second-order valence-electron chi connectivity index (χ2n) is 6.69. The van der Waals surface area contributed by atoms with Crippen LogP contribution in [0.3, 0.4) is 0 Å². The van der Waals surface area contributed by atoms with Gasteiger partial charge >= 0.3 is 5.97 Å². The molecule has 0 fully saturated rings. The highest BCUT2D eigenvalue weighted by atomic mass is 35.5. The molecule has 2 aliphatic rings. The Morgan fingerprint density at radius 2 is 2.12 bits per heavy atom. The molecule has 0 atom stereocenters. The van der Waals surface area contributed by atoms with Gasteiger partial charge < -0.3 is 9.47 Å². The number of fused-ring (bicyclic) bond motifs is 1. The zero-order valence-electron chi connectivity index (χ0n) is 17.6. The third-order valence-corrected chi connectivity index (χ3v) is 8.78. The fourth-order valence-corrected chi connectivity index (χ4v) is 5.87. The van der Waals surface area contributed by atoms with Gasteiger partial charge in [0.1, 0.15) is 4.88 Å². The number of halogens is 1. The van der Waals surface area contributed by atoms with E-state index in [4.69, 9.17) is 26.5 Å². The number of ether oxygens (including phenoxy) is 2. The van der Waals surface area contributed by atoms with Gasteiger partial charge in [-0.2, -0.15) is 10.0 Å². The van der Waals surface area contributed by atoms with Crippen molar-refractivity contribution in [1.82, 2.24) is 5.01 Å². The van der Waals surface area contributed by atoms with Crippen LogP contribution in [0.4, 0.5) is 0 Å². The largest absolute Gasteiger partial charge is 0.493 e. The Bertz CT molecular complexity index is 1410. The van der Waals surface area contributed by atoms with Crippen LogP contribution in [0.25, 0.3) is 6.08 Å². The number of amides is 1. The van der Waals surface area contributed by atoms with Gasteiger partial charge in [-0.15, -0.1) is 16.4 Å². The fourth-order valence-electron chi connectivity index (χ4n) is 2.85. The Kier molecular flexibility index (Phi) is 6.62. The standard InChI is InChI=1S/C20H15ClN4O6S3/c1-3-34(28,29)20-24-25-16(22)11(17(26)23-19(25)33-20)7-10-8-12(21)15(13(9-10)30-2)31-18(27)14-5-4-6-32-14/h4-9,22H,3H2,1-2H3/b11-7+,22-16?. The number of thiophene rings is 1. The van der Waals surface area contributed by atoms with Crippen LogP contribution in [-0.2, 0) is 14.6 Å². The molecule has 1 amide bonds. The highest BCUT2D eigenvalue weighted by molar-refractivity contribution is 8.42. The van der Waals surface area contributed by atoms with Crippen molar-refractivity contribution in [3.8, 4) is 11.5 Å². The molecular formula is C20H15ClN4O6S3. The number of hydrogen-bond donors (Lipinski definition) is 1. The van der Waals surface area contributed by atoms with Crippen molar-refractivity contribution in [2.24, 2.45) is 10.1 Å². The molecule has 0 radical (unpaired) electrons. The van der Waals surface area contributed by atoms with Gasteiger partial charge in [-0.25, -0.2) is 13.2 Å². The number of nitrogens with zero attached hydrogens (tertiary/aromatic N) is 3. The van der Waals surface area contributed by atoms with Gasteiger partial charge in [0, 0.05) is 0 Å². The quantitative estimate of drug-likeness (QED) is 0.346. The number of aliphatic imine (C=N–C) groups is 1. The summed E-state index contributed by atoms with van der Waals surface area (Å²) in [6.07, 6.45) is 1.34. The number of carbonyl (C=O) groups excluding carboxylic acids is 2. The summed E-state index contributed by atoms with van der Waals surface area (Å²) >= 11 is 8.26. The maximum atomic E-state index is 12.6. The van der Waals surface area contributed by atoms with Crippen LogP contribution in [0.2, 0.25) is 5.02 Å².